The van der Waals surface area contributed by atoms with Crippen LogP contribution < -0.4 is 5.32 Å². The number of nitrogens with one attached hydrogen (secondary N) is 1. The van der Waals surface area contributed by atoms with E-state index in [1.807, 2.05) is 7.05 Å². The summed E-state index contributed by atoms with van der Waals surface area (Å²) in [6, 6.07) is 9.08. The summed E-state index contributed by atoms with van der Waals surface area (Å²) in [6.07, 6.45) is 6.44. The van der Waals surface area contributed by atoms with Gasteiger partial charge in [0.2, 0.25) is 0 Å². The van der Waals surface area contributed by atoms with Crippen LogP contribution in [-0.2, 0) is 21.3 Å². The molecule has 2 aliphatic heterocycles. The largest absolute Gasteiger partial charge is 0.376 e. The highest BCUT2D eigenvalue weighted by Gasteiger charge is 2.40. The van der Waals surface area contributed by atoms with Gasteiger partial charge in [-0.2, -0.15) is 0 Å². The van der Waals surface area contributed by atoms with Gasteiger partial charge in [0.1, 0.15) is 0 Å². The van der Waals surface area contributed by atoms with Crippen molar-refractivity contribution in [3.8, 4) is 0 Å². The Bertz CT molecular complexity index is 648. The van der Waals surface area contributed by atoms with E-state index in [9.17, 15) is 0 Å². The smallest absolute Gasteiger partial charge is 0.193 e. The first kappa shape index (κ1) is 20.9. The summed E-state index contributed by atoms with van der Waals surface area (Å²) in [4.78, 5) is 7.02. The summed E-state index contributed by atoms with van der Waals surface area (Å²) in [5, 5.41) is 3.53. The van der Waals surface area contributed by atoms with Crippen LogP contribution in [0.25, 0.3) is 0 Å². The number of hydrogen-bond donors (Lipinski definition) is 1. The molecule has 2 unspecified atom stereocenters. The lowest BCUT2D eigenvalue weighted by molar-refractivity contribution is -0.0852. The Morgan fingerprint density at radius 3 is 2.93 bits per heavy atom. The average molecular weight is 485 g/mol. The maximum absolute atomic E-state index is 5.76. The number of piperidine rings is 1. The van der Waals surface area contributed by atoms with E-state index in [4.69, 9.17) is 9.47 Å². The van der Waals surface area contributed by atoms with Gasteiger partial charge in [-0.3, -0.25) is 4.99 Å². The molecule has 0 amide bonds. The van der Waals surface area contributed by atoms with Gasteiger partial charge in [-0.05, 0) is 43.2 Å². The van der Waals surface area contributed by atoms with E-state index in [2.05, 4.69) is 39.5 Å². The maximum Gasteiger partial charge on any atom is 0.193 e. The Labute approximate surface area is 179 Å². The number of rotatable bonds is 2. The van der Waals surface area contributed by atoms with Crippen molar-refractivity contribution < 1.29 is 9.47 Å². The fourth-order valence-corrected chi connectivity index (χ4v) is 4.94. The SMILES string of the molecule is CN=C(NCC1COCCO1)N1CCCC2(CCCc3ccccc32)C1.I. The molecule has 5 nitrogen and oxygen atoms in total. The fraction of sp³-hybridized carbons (Fsp3) is 0.667. The first-order valence-electron chi connectivity index (χ1n) is 10.0. The molecule has 0 saturated carbocycles. The highest BCUT2D eigenvalue weighted by molar-refractivity contribution is 14.0. The van der Waals surface area contributed by atoms with Crippen molar-refractivity contribution in [2.75, 3.05) is 46.5 Å². The highest BCUT2D eigenvalue weighted by Crippen LogP contribution is 2.43. The van der Waals surface area contributed by atoms with Gasteiger partial charge in [-0.25, -0.2) is 0 Å². The summed E-state index contributed by atoms with van der Waals surface area (Å²) >= 11 is 0. The number of guanidine groups is 1. The highest BCUT2D eigenvalue weighted by atomic mass is 127. The van der Waals surface area contributed by atoms with E-state index >= 15 is 0 Å². The number of aliphatic imine (C=N–C) groups is 1. The Hall–Kier alpha value is -0.860. The van der Waals surface area contributed by atoms with Crippen LogP contribution in [0, 0.1) is 0 Å². The number of benzene rings is 1. The molecule has 0 bridgehead atoms. The van der Waals surface area contributed by atoms with E-state index < -0.39 is 0 Å². The third-order valence-corrected chi connectivity index (χ3v) is 6.15. The number of fused-ring (bicyclic) bond motifs is 2. The molecule has 1 aromatic rings. The molecule has 1 aliphatic carbocycles. The summed E-state index contributed by atoms with van der Waals surface area (Å²) in [6.45, 7) is 4.96. The van der Waals surface area contributed by atoms with Crippen LogP contribution in [0.2, 0.25) is 0 Å². The molecule has 150 valence electrons. The van der Waals surface area contributed by atoms with Crippen LogP contribution in [0.3, 0.4) is 0 Å². The fourth-order valence-electron chi connectivity index (χ4n) is 4.94. The Morgan fingerprint density at radius 2 is 2.11 bits per heavy atom. The zero-order valence-electron chi connectivity index (χ0n) is 16.3. The lowest BCUT2D eigenvalue weighted by Crippen LogP contribution is -2.54. The van der Waals surface area contributed by atoms with Gasteiger partial charge in [-0.15, -0.1) is 24.0 Å². The zero-order chi connectivity index (χ0) is 17.8. The minimum Gasteiger partial charge on any atom is -0.376 e. The molecule has 1 N–H and O–H groups in total. The molecular formula is C21H32IN3O2. The third kappa shape index (κ3) is 4.59. The van der Waals surface area contributed by atoms with Crippen molar-refractivity contribution in [3.05, 3.63) is 35.4 Å². The maximum atomic E-state index is 5.76. The Morgan fingerprint density at radius 1 is 1.26 bits per heavy atom. The van der Waals surface area contributed by atoms with Crippen LogP contribution in [-0.4, -0.2) is 63.5 Å². The first-order chi connectivity index (χ1) is 12.8. The molecule has 2 heterocycles. The number of hydrogen-bond acceptors (Lipinski definition) is 3. The second-order valence-corrected chi connectivity index (χ2v) is 7.81. The van der Waals surface area contributed by atoms with Crippen LogP contribution in [0.4, 0.5) is 0 Å². The average Bonchev–Trinajstić information content (AvgIpc) is 2.70. The predicted octanol–water partition coefficient (Wildman–Crippen LogP) is 2.97. The second kappa shape index (κ2) is 9.56. The van der Waals surface area contributed by atoms with E-state index in [0.29, 0.717) is 19.8 Å². The first-order valence-corrected chi connectivity index (χ1v) is 10.0. The van der Waals surface area contributed by atoms with Crippen molar-refractivity contribution in [3.63, 3.8) is 0 Å². The minimum atomic E-state index is 0. The molecule has 2 atom stereocenters. The molecule has 2 saturated heterocycles. The topological polar surface area (TPSA) is 46.1 Å². The van der Waals surface area contributed by atoms with E-state index in [0.717, 1.165) is 25.6 Å². The lowest BCUT2D eigenvalue weighted by Gasteiger charge is -2.47. The van der Waals surface area contributed by atoms with Gasteiger partial charge < -0.3 is 19.7 Å². The van der Waals surface area contributed by atoms with Crippen molar-refractivity contribution in [1.82, 2.24) is 10.2 Å². The number of nitrogens with zero attached hydrogens (tertiary/aromatic N) is 2. The Kier molecular flexibility index (Phi) is 7.39. The quantitative estimate of drug-likeness (QED) is 0.398. The van der Waals surface area contributed by atoms with Gasteiger partial charge >= 0.3 is 0 Å². The monoisotopic (exact) mass is 485 g/mol. The van der Waals surface area contributed by atoms with E-state index in [1.54, 1.807) is 11.1 Å². The molecule has 1 aromatic carbocycles. The van der Waals surface area contributed by atoms with Crippen molar-refractivity contribution >= 4 is 29.9 Å². The normalized spacial score (nSPS) is 28.4. The molecule has 0 aromatic heterocycles. The zero-order valence-corrected chi connectivity index (χ0v) is 18.6. The molecule has 4 rings (SSSR count). The van der Waals surface area contributed by atoms with Crippen LogP contribution >= 0.6 is 24.0 Å². The minimum absolute atomic E-state index is 0. The second-order valence-electron chi connectivity index (χ2n) is 7.81. The molecule has 27 heavy (non-hydrogen) atoms. The van der Waals surface area contributed by atoms with Crippen molar-refractivity contribution in [2.24, 2.45) is 4.99 Å². The molecule has 6 heteroatoms. The number of likely N-dealkylation sites (tertiary alicyclic amines) is 1. The van der Waals surface area contributed by atoms with Gasteiger partial charge in [0.05, 0.1) is 25.9 Å². The molecule has 3 aliphatic rings. The van der Waals surface area contributed by atoms with E-state index in [1.165, 1.54) is 32.1 Å². The molecule has 0 radical (unpaired) electrons. The lowest BCUT2D eigenvalue weighted by atomic mass is 9.66. The molecule has 1 spiro atoms. The van der Waals surface area contributed by atoms with Crippen LogP contribution in [0.1, 0.15) is 36.8 Å². The Balaban J connectivity index is 0.00000210. The predicted molar refractivity (Wildman–Crippen MR) is 119 cm³/mol. The van der Waals surface area contributed by atoms with Gasteiger partial charge in [0, 0.05) is 32.1 Å². The standard InChI is InChI=1S/C21H31N3O2.HI/c1-22-20(23-14-18-15-25-12-13-26-18)24-11-5-10-21(16-24)9-4-7-17-6-2-3-8-19(17)21;/h2-3,6,8,18H,4-5,7,9-16H2,1H3,(H,22,23);1H. The molecular weight excluding hydrogens is 453 g/mol. The third-order valence-electron chi connectivity index (χ3n) is 6.15. The number of aryl methyl sites for hydroxylation is 1. The van der Waals surface area contributed by atoms with E-state index in [-0.39, 0.29) is 35.5 Å². The summed E-state index contributed by atoms with van der Waals surface area (Å²) < 4.78 is 11.3. The molecule has 2 fully saturated rings. The van der Waals surface area contributed by atoms with Crippen molar-refractivity contribution in [2.45, 2.75) is 43.6 Å². The van der Waals surface area contributed by atoms with Crippen LogP contribution in [0.5, 0.6) is 0 Å². The number of halogens is 1. The van der Waals surface area contributed by atoms with Crippen molar-refractivity contribution in [1.29, 1.82) is 0 Å². The van der Waals surface area contributed by atoms with Gasteiger partial charge in [-0.1, -0.05) is 24.3 Å². The summed E-state index contributed by atoms with van der Waals surface area (Å²) in [5.74, 6) is 1.00. The van der Waals surface area contributed by atoms with Gasteiger partial charge in [0.15, 0.2) is 5.96 Å². The van der Waals surface area contributed by atoms with Gasteiger partial charge in [0.25, 0.3) is 0 Å². The summed E-state index contributed by atoms with van der Waals surface area (Å²) in [5.41, 5.74) is 3.42. The van der Waals surface area contributed by atoms with Crippen LogP contribution in [0.15, 0.2) is 29.3 Å². The summed E-state index contributed by atoms with van der Waals surface area (Å²) in [7, 11) is 1.89. The number of ether oxygens (including phenoxy) is 2.